The van der Waals surface area contributed by atoms with Gasteiger partial charge in [0, 0.05) is 29.7 Å². The summed E-state index contributed by atoms with van der Waals surface area (Å²) in [6.45, 7) is 3.24. The van der Waals surface area contributed by atoms with Crippen molar-refractivity contribution < 1.29 is 0 Å². The van der Waals surface area contributed by atoms with Gasteiger partial charge in [0.1, 0.15) is 0 Å². The van der Waals surface area contributed by atoms with Crippen LogP contribution >= 0.6 is 0 Å². The van der Waals surface area contributed by atoms with Gasteiger partial charge in [0.2, 0.25) is 0 Å². The number of imidazole rings is 1. The van der Waals surface area contributed by atoms with Gasteiger partial charge in [-0.15, -0.1) is 0 Å². The van der Waals surface area contributed by atoms with Gasteiger partial charge in [0.05, 0.1) is 18.2 Å². The van der Waals surface area contributed by atoms with Gasteiger partial charge in [0.25, 0.3) is 0 Å². The zero-order valence-corrected chi connectivity index (χ0v) is 11.7. The van der Waals surface area contributed by atoms with Crippen molar-refractivity contribution in [2.75, 3.05) is 26.4 Å². The highest BCUT2D eigenvalue weighted by molar-refractivity contribution is 5.72. The Bertz CT molecular complexity index is 532. The van der Waals surface area contributed by atoms with Crippen LogP contribution in [0.5, 0.6) is 0 Å². The maximum absolute atomic E-state index is 6.01. The quantitative estimate of drug-likeness (QED) is 0.892. The van der Waals surface area contributed by atoms with Gasteiger partial charge in [-0.05, 0) is 40.1 Å². The molecule has 0 aliphatic carbocycles. The molecule has 0 aliphatic heterocycles. The van der Waals surface area contributed by atoms with Crippen molar-refractivity contribution in [3.8, 4) is 11.3 Å². The Hall–Kier alpha value is -1.88. The van der Waals surface area contributed by atoms with Gasteiger partial charge in [-0.1, -0.05) is 0 Å². The van der Waals surface area contributed by atoms with E-state index in [1.165, 1.54) is 0 Å². The molecule has 0 bridgehead atoms. The van der Waals surface area contributed by atoms with Crippen LogP contribution in [0.25, 0.3) is 11.3 Å². The minimum absolute atomic E-state index is 0.375. The fraction of sp³-hybridized carbons (Fsp3) is 0.429. The molecular formula is C14H21N5. The highest BCUT2D eigenvalue weighted by Gasteiger charge is 2.13. The molecule has 102 valence electrons. The minimum Gasteiger partial charge on any atom is -0.398 e. The average Bonchev–Trinajstić information content (AvgIpc) is 2.85. The molecule has 0 saturated heterocycles. The molecule has 5 nitrogen and oxygen atoms in total. The van der Waals surface area contributed by atoms with E-state index in [1.54, 1.807) is 12.4 Å². The minimum atomic E-state index is 0.375. The molecule has 2 rings (SSSR count). The fourth-order valence-electron chi connectivity index (χ4n) is 2.07. The third-order valence-corrected chi connectivity index (χ3v) is 3.27. The number of hydrogen-bond acceptors (Lipinski definition) is 4. The highest BCUT2D eigenvalue weighted by Crippen LogP contribution is 2.27. The summed E-state index contributed by atoms with van der Waals surface area (Å²) in [6.07, 6.45) is 8.27. The van der Waals surface area contributed by atoms with Crippen LogP contribution in [-0.2, 0) is 0 Å². The second-order valence-electron chi connectivity index (χ2n) is 5.09. The van der Waals surface area contributed by atoms with Crippen LogP contribution < -0.4 is 5.73 Å². The maximum Gasteiger partial charge on any atom is 0.0953 e. The number of nitrogens with two attached hydrogens (primary N) is 1. The van der Waals surface area contributed by atoms with E-state index in [9.17, 15) is 0 Å². The first-order valence-corrected chi connectivity index (χ1v) is 6.46. The van der Waals surface area contributed by atoms with Gasteiger partial charge in [0.15, 0.2) is 0 Å². The summed E-state index contributed by atoms with van der Waals surface area (Å²) >= 11 is 0. The number of pyridine rings is 1. The largest absolute Gasteiger partial charge is 0.398 e. The molecule has 0 saturated carbocycles. The molecule has 2 aromatic rings. The monoisotopic (exact) mass is 259 g/mol. The van der Waals surface area contributed by atoms with Gasteiger partial charge >= 0.3 is 0 Å². The maximum atomic E-state index is 6.01. The zero-order chi connectivity index (χ0) is 13.8. The second kappa shape index (κ2) is 5.84. The van der Waals surface area contributed by atoms with E-state index in [-0.39, 0.29) is 0 Å². The van der Waals surface area contributed by atoms with E-state index in [1.807, 2.05) is 18.6 Å². The lowest BCUT2D eigenvalue weighted by atomic mass is 10.1. The lowest BCUT2D eigenvalue weighted by Gasteiger charge is -2.19. The number of nitrogen functional groups attached to an aromatic ring is 1. The lowest BCUT2D eigenvalue weighted by molar-refractivity contribution is 0.359. The number of anilines is 1. The van der Waals surface area contributed by atoms with Crippen molar-refractivity contribution in [3.63, 3.8) is 0 Å². The van der Waals surface area contributed by atoms with E-state index in [0.29, 0.717) is 6.04 Å². The van der Waals surface area contributed by atoms with E-state index >= 15 is 0 Å². The summed E-state index contributed by atoms with van der Waals surface area (Å²) in [7, 11) is 4.17. The van der Waals surface area contributed by atoms with Gasteiger partial charge in [-0.2, -0.15) is 0 Å². The summed E-state index contributed by atoms with van der Waals surface area (Å²) in [5.74, 6) is 0. The third-order valence-electron chi connectivity index (χ3n) is 3.27. The molecule has 5 heteroatoms. The topological polar surface area (TPSA) is 60.0 Å². The average molecular weight is 259 g/mol. The molecule has 0 aliphatic rings. The zero-order valence-electron chi connectivity index (χ0n) is 11.7. The Kier molecular flexibility index (Phi) is 4.16. The van der Waals surface area contributed by atoms with Crippen molar-refractivity contribution in [2.24, 2.45) is 0 Å². The summed E-state index contributed by atoms with van der Waals surface area (Å²) < 4.78 is 2.16. The predicted molar refractivity (Wildman–Crippen MR) is 77.8 cm³/mol. The van der Waals surface area contributed by atoms with Crippen LogP contribution in [0.3, 0.4) is 0 Å². The Labute approximate surface area is 114 Å². The van der Waals surface area contributed by atoms with Gasteiger partial charge < -0.3 is 15.2 Å². The van der Waals surface area contributed by atoms with Crippen LogP contribution in [0.15, 0.2) is 31.0 Å². The Morgan fingerprint density at radius 1 is 1.32 bits per heavy atom. The molecule has 0 radical (unpaired) electrons. The van der Waals surface area contributed by atoms with Crippen LogP contribution in [0, 0.1) is 0 Å². The molecule has 19 heavy (non-hydrogen) atoms. The van der Waals surface area contributed by atoms with Crippen LogP contribution in [0.2, 0.25) is 0 Å². The van der Waals surface area contributed by atoms with E-state index in [0.717, 1.165) is 29.9 Å². The van der Waals surface area contributed by atoms with Crippen molar-refractivity contribution in [3.05, 3.63) is 31.0 Å². The van der Waals surface area contributed by atoms with Crippen molar-refractivity contribution in [1.82, 2.24) is 19.4 Å². The smallest absolute Gasteiger partial charge is 0.0953 e. The second-order valence-corrected chi connectivity index (χ2v) is 5.09. The lowest BCUT2D eigenvalue weighted by Crippen LogP contribution is -2.17. The SMILES string of the molecule is CC(CCN(C)C)n1cncc1-c1cnccc1N. The fourth-order valence-corrected chi connectivity index (χ4v) is 2.07. The first kappa shape index (κ1) is 13.5. The van der Waals surface area contributed by atoms with E-state index in [2.05, 4.69) is 40.5 Å². The van der Waals surface area contributed by atoms with Crippen LogP contribution in [0.4, 0.5) is 5.69 Å². The third kappa shape index (κ3) is 3.12. The number of nitrogens with zero attached hydrogens (tertiary/aromatic N) is 4. The molecule has 2 heterocycles. The number of aromatic nitrogens is 3. The van der Waals surface area contributed by atoms with Crippen LogP contribution in [-0.4, -0.2) is 40.1 Å². The Morgan fingerprint density at radius 2 is 2.11 bits per heavy atom. The van der Waals surface area contributed by atoms with Crippen LogP contribution in [0.1, 0.15) is 19.4 Å². The normalized spacial score (nSPS) is 12.8. The molecular weight excluding hydrogens is 238 g/mol. The summed E-state index contributed by atoms with van der Waals surface area (Å²) in [6, 6.07) is 2.19. The predicted octanol–water partition coefficient (Wildman–Crippen LogP) is 2.04. The number of rotatable bonds is 5. The first-order chi connectivity index (χ1) is 9.09. The summed E-state index contributed by atoms with van der Waals surface area (Å²) in [4.78, 5) is 10.6. The summed E-state index contributed by atoms with van der Waals surface area (Å²) in [5.41, 5.74) is 8.71. The van der Waals surface area contributed by atoms with Crippen molar-refractivity contribution in [2.45, 2.75) is 19.4 Å². The molecule has 0 aromatic carbocycles. The van der Waals surface area contributed by atoms with Gasteiger partial charge in [-0.3, -0.25) is 4.98 Å². The molecule has 1 unspecified atom stereocenters. The van der Waals surface area contributed by atoms with E-state index < -0.39 is 0 Å². The highest BCUT2D eigenvalue weighted by atomic mass is 15.1. The molecule has 0 amide bonds. The Balaban J connectivity index is 2.25. The molecule has 0 spiro atoms. The standard InChI is InChI=1S/C14H21N5/c1-11(5-7-18(2)3)19-10-17-9-14(19)12-8-16-6-4-13(12)15/h4,6,8-11H,5,7H2,1-3H3,(H2,15,16). The molecule has 2 N–H and O–H groups in total. The molecule has 0 fully saturated rings. The van der Waals surface area contributed by atoms with Crippen molar-refractivity contribution >= 4 is 5.69 Å². The molecule has 2 aromatic heterocycles. The Morgan fingerprint density at radius 3 is 2.79 bits per heavy atom. The van der Waals surface area contributed by atoms with Crippen molar-refractivity contribution in [1.29, 1.82) is 0 Å². The number of hydrogen-bond donors (Lipinski definition) is 1. The first-order valence-electron chi connectivity index (χ1n) is 6.46. The summed E-state index contributed by atoms with van der Waals surface area (Å²) in [5, 5.41) is 0. The molecule has 1 atom stereocenters. The van der Waals surface area contributed by atoms with E-state index in [4.69, 9.17) is 5.73 Å². The van der Waals surface area contributed by atoms with Gasteiger partial charge in [-0.25, -0.2) is 4.98 Å².